The SMILES string of the molecule is CCNC(=O)Cc1ccc(Cl)nc1. The van der Waals surface area contributed by atoms with E-state index in [0.717, 1.165) is 5.56 Å². The molecule has 3 nitrogen and oxygen atoms in total. The van der Waals surface area contributed by atoms with Crippen LogP contribution in [0.1, 0.15) is 12.5 Å². The highest BCUT2D eigenvalue weighted by Gasteiger charge is 2.01. The number of carbonyl (C=O) groups excluding carboxylic acids is 1. The van der Waals surface area contributed by atoms with E-state index in [9.17, 15) is 4.79 Å². The minimum atomic E-state index is 0.00613. The largest absolute Gasteiger partial charge is 0.356 e. The molecule has 0 aliphatic heterocycles. The van der Waals surface area contributed by atoms with Crippen LogP contribution in [0.5, 0.6) is 0 Å². The maximum atomic E-state index is 11.1. The summed E-state index contributed by atoms with van der Waals surface area (Å²) < 4.78 is 0. The molecule has 70 valence electrons. The van der Waals surface area contributed by atoms with E-state index in [0.29, 0.717) is 18.1 Å². The number of nitrogens with zero attached hydrogens (tertiary/aromatic N) is 1. The van der Waals surface area contributed by atoms with Crippen molar-refractivity contribution in [3.8, 4) is 0 Å². The Bertz CT molecular complexity index is 284. The van der Waals surface area contributed by atoms with Gasteiger partial charge in [0, 0.05) is 12.7 Å². The molecule has 0 aliphatic rings. The zero-order valence-electron chi connectivity index (χ0n) is 7.38. The molecule has 13 heavy (non-hydrogen) atoms. The lowest BCUT2D eigenvalue weighted by Crippen LogP contribution is -2.24. The van der Waals surface area contributed by atoms with Crippen molar-refractivity contribution in [1.82, 2.24) is 10.3 Å². The normalized spacial score (nSPS) is 9.69. The van der Waals surface area contributed by atoms with E-state index in [1.807, 2.05) is 6.92 Å². The summed E-state index contributed by atoms with van der Waals surface area (Å²) in [5, 5.41) is 3.15. The van der Waals surface area contributed by atoms with Crippen LogP contribution < -0.4 is 5.32 Å². The summed E-state index contributed by atoms with van der Waals surface area (Å²) in [5.74, 6) is 0.00613. The van der Waals surface area contributed by atoms with E-state index >= 15 is 0 Å². The molecule has 4 heteroatoms. The number of likely N-dealkylation sites (N-methyl/N-ethyl adjacent to an activating group) is 1. The van der Waals surface area contributed by atoms with Crippen LogP contribution in [0, 0.1) is 0 Å². The molecule has 1 aromatic heterocycles. The third kappa shape index (κ3) is 3.42. The number of nitrogens with one attached hydrogen (secondary N) is 1. The van der Waals surface area contributed by atoms with Crippen LogP contribution in [0.2, 0.25) is 5.15 Å². The second-order valence-corrected chi connectivity index (χ2v) is 3.01. The highest BCUT2D eigenvalue weighted by Crippen LogP contribution is 2.05. The van der Waals surface area contributed by atoms with Crippen LogP contribution in [0.3, 0.4) is 0 Å². The molecule has 0 saturated carbocycles. The standard InChI is InChI=1S/C9H11ClN2O/c1-2-11-9(13)5-7-3-4-8(10)12-6-7/h3-4,6H,2,5H2,1H3,(H,11,13). The molecule has 0 radical (unpaired) electrons. The van der Waals surface area contributed by atoms with Gasteiger partial charge in [0.25, 0.3) is 0 Å². The predicted molar refractivity (Wildman–Crippen MR) is 51.6 cm³/mol. The van der Waals surface area contributed by atoms with Gasteiger partial charge in [-0.25, -0.2) is 4.98 Å². The van der Waals surface area contributed by atoms with Gasteiger partial charge < -0.3 is 5.32 Å². The molecule has 1 aromatic rings. The molecule has 1 rings (SSSR count). The fourth-order valence-corrected chi connectivity index (χ4v) is 1.07. The first-order valence-electron chi connectivity index (χ1n) is 4.09. The molecule has 0 fully saturated rings. The van der Waals surface area contributed by atoms with Gasteiger partial charge in [0.2, 0.25) is 5.91 Å². The Balaban J connectivity index is 2.54. The Morgan fingerprint density at radius 3 is 2.92 bits per heavy atom. The molecule has 1 amide bonds. The van der Waals surface area contributed by atoms with E-state index in [1.165, 1.54) is 0 Å². The van der Waals surface area contributed by atoms with Crippen molar-refractivity contribution in [2.24, 2.45) is 0 Å². The molecule has 0 spiro atoms. The molecule has 0 saturated heterocycles. The summed E-state index contributed by atoms with van der Waals surface area (Å²) in [5.41, 5.74) is 0.871. The van der Waals surface area contributed by atoms with E-state index in [4.69, 9.17) is 11.6 Å². The van der Waals surface area contributed by atoms with Crippen LogP contribution in [-0.2, 0) is 11.2 Å². The Labute approximate surface area is 82.1 Å². The average molecular weight is 199 g/mol. The van der Waals surface area contributed by atoms with Crippen molar-refractivity contribution in [3.05, 3.63) is 29.0 Å². The third-order valence-electron chi connectivity index (χ3n) is 1.53. The van der Waals surface area contributed by atoms with E-state index < -0.39 is 0 Å². The molecule has 1 N–H and O–H groups in total. The molecule has 0 aromatic carbocycles. The number of hydrogen-bond acceptors (Lipinski definition) is 2. The monoisotopic (exact) mass is 198 g/mol. The van der Waals surface area contributed by atoms with Crippen LogP contribution in [0.15, 0.2) is 18.3 Å². The van der Waals surface area contributed by atoms with Gasteiger partial charge in [-0.05, 0) is 18.6 Å². The molecular formula is C9H11ClN2O. The minimum Gasteiger partial charge on any atom is -0.356 e. The first-order chi connectivity index (χ1) is 6.22. The number of halogens is 1. The molecule has 0 unspecified atom stereocenters. The lowest BCUT2D eigenvalue weighted by atomic mass is 10.2. The summed E-state index contributed by atoms with van der Waals surface area (Å²) in [4.78, 5) is 15.0. The van der Waals surface area contributed by atoms with Crippen LogP contribution in [0.25, 0.3) is 0 Å². The van der Waals surface area contributed by atoms with Crippen LogP contribution >= 0.6 is 11.6 Å². The van der Waals surface area contributed by atoms with E-state index in [1.54, 1.807) is 18.3 Å². The summed E-state index contributed by atoms with van der Waals surface area (Å²) in [7, 11) is 0. The topological polar surface area (TPSA) is 42.0 Å². The zero-order valence-corrected chi connectivity index (χ0v) is 8.14. The Hall–Kier alpha value is -1.09. The summed E-state index contributed by atoms with van der Waals surface area (Å²) >= 11 is 5.60. The number of pyridine rings is 1. The van der Waals surface area contributed by atoms with Crippen molar-refractivity contribution >= 4 is 17.5 Å². The fraction of sp³-hybridized carbons (Fsp3) is 0.333. The number of rotatable bonds is 3. The molecule has 0 atom stereocenters. The molecule has 0 aliphatic carbocycles. The summed E-state index contributed by atoms with van der Waals surface area (Å²) in [6.07, 6.45) is 1.97. The van der Waals surface area contributed by atoms with Gasteiger partial charge in [-0.1, -0.05) is 17.7 Å². The highest BCUT2D eigenvalue weighted by atomic mass is 35.5. The Morgan fingerprint density at radius 2 is 2.38 bits per heavy atom. The second kappa shape index (κ2) is 4.82. The maximum Gasteiger partial charge on any atom is 0.224 e. The van der Waals surface area contributed by atoms with Gasteiger partial charge in [-0.15, -0.1) is 0 Å². The van der Waals surface area contributed by atoms with Gasteiger partial charge in [0.15, 0.2) is 0 Å². The Kier molecular flexibility index (Phi) is 3.71. The van der Waals surface area contributed by atoms with Gasteiger partial charge in [-0.3, -0.25) is 4.79 Å². The van der Waals surface area contributed by atoms with E-state index in [2.05, 4.69) is 10.3 Å². The lowest BCUT2D eigenvalue weighted by Gasteiger charge is -2.01. The first kappa shape index (κ1) is 9.99. The number of aromatic nitrogens is 1. The number of hydrogen-bond donors (Lipinski definition) is 1. The van der Waals surface area contributed by atoms with E-state index in [-0.39, 0.29) is 5.91 Å². The van der Waals surface area contributed by atoms with Crippen molar-refractivity contribution in [2.45, 2.75) is 13.3 Å². The average Bonchev–Trinajstić information content (AvgIpc) is 2.09. The fourth-order valence-electron chi connectivity index (χ4n) is 0.956. The lowest BCUT2D eigenvalue weighted by molar-refractivity contribution is -0.120. The highest BCUT2D eigenvalue weighted by molar-refractivity contribution is 6.29. The van der Waals surface area contributed by atoms with Crippen molar-refractivity contribution in [1.29, 1.82) is 0 Å². The minimum absolute atomic E-state index is 0.00613. The second-order valence-electron chi connectivity index (χ2n) is 2.62. The van der Waals surface area contributed by atoms with Gasteiger partial charge in [-0.2, -0.15) is 0 Å². The van der Waals surface area contributed by atoms with Crippen molar-refractivity contribution in [3.63, 3.8) is 0 Å². The first-order valence-corrected chi connectivity index (χ1v) is 4.47. The predicted octanol–water partition coefficient (Wildman–Crippen LogP) is 1.41. The molecule has 0 bridgehead atoms. The summed E-state index contributed by atoms with van der Waals surface area (Å²) in [6.45, 7) is 2.54. The van der Waals surface area contributed by atoms with Crippen LogP contribution in [0.4, 0.5) is 0 Å². The quantitative estimate of drug-likeness (QED) is 0.747. The van der Waals surface area contributed by atoms with Gasteiger partial charge >= 0.3 is 0 Å². The maximum absolute atomic E-state index is 11.1. The number of amides is 1. The molecule has 1 heterocycles. The third-order valence-corrected chi connectivity index (χ3v) is 1.75. The van der Waals surface area contributed by atoms with Crippen LogP contribution in [-0.4, -0.2) is 17.4 Å². The summed E-state index contributed by atoms with van der Waals surface area (Å²) in [6, 6.07) is 3.47. The number of carbonyl (C=O) groups is 1. The zero-order chi connectivity index (χ0) is 9.68. The molecular weight excluding hydrogens is 188 g/mol. The van der Waals surface area contributed by atoms with Crippen molar-refractivity contribution < 1.29 is 4.79 Å². The smallest absolute Gasteiger partial charge is 0.224 e. The Morgan fingerprint density at radius 1 is 1.62 bits per heavy atom. The van der Waals surface area contributed by atoms with Gasteiger partial charge in [0.05, 0.1) is 6.42 Å². The van der Waals surface area contributed by atoms with Gasteiger partial charge in [0.1, 0.15) is 5.15 Å². The van der Waals surface area contributed by atoms with Crippen molar-refractivity contribution in [2.75, 3.05) is 6.54 Å².